The number of aromatic amines is 1. The summed E-state index contributed by atoms with van der Waals surface area (Å²) in [7, 11) is 0. The predicted molar refractivity (Wildman–Crippen MR) is 93.9 cm³/mol. The molecule has 0 unspecified atom stereocenters. The number of aromatic nitrogens is 2. The monoisotopic (exact) mass is 341 g/mol. The van der Waals surface area contributed by atoms with Crippen molar-refractivity contribution in [2.45, 2.75) is 45.7 Å². The van der Waals surface area contributed by atoms with Crippen LogP contribution in [0.5, 0.6) is 11.5 Å². The Morgan fingerprint density at radius 2 is 2.12 bits per heavy atom. The van der Waals surface area contributed by atoms with Gasteiger partial charge in [-0.15, -0.1) is 0 Å². The molecule has 0 amide bonds. The Kier molecular flexibility index (Phi) is 3.80. The second-order valence-corrected chi connectivity index (χ2v) is 7.70. The van der Waals surface area contributed by atoms with Crippen molar-refractivity contribution in [3.05, 3.63) is 51.2 Å². The molecule has 1 aromatic carbocycles. The first-order chi connectivity index (χ1) is 11.9. The van der Waals surface area contributed by atoms with Crippen LogP contribution >= 0.6 is 0 Å². The highest BCUT2D eigenvalue weighted by atomic mass is 16.7. The van der Waals surface area contributed by atoms with Crippen LogP contribution in [-0.2, 0) is 24.9 Å². The van der Waals surface area contributed by atoms with Crippen LogP contribution in [0, 0.1) is 0 Å². The number of fused-ring (bicyclic) bond motifs is 2. The van der Waals surface area contributed by atoms with Crippen molar-refractivity contribution in [2.24, 2.45) is 0 Å². The van der Waals surface area contributed by atoms with E-state index in [2.05, 4.69) is 36.7 Å². The van der Waals surface area contributed by atoms with Crippen LogP contribution in [0.4, 0.5) is 0 Å². The summed E-state index contributed by atoms with van der Waals surface area (Å²) in [4.78, 5) is 22.4. The quantitative estimate of drug-likeness (QED) is 0.908. The average molecular weight is 341 g/mol. The van der Waals surface area contributed by atoms with Gasteiger partial charge in [-0.05, 0) is 12.5 Å². The highest BCUT2D eigenvalue weighted by Crippen LogP contribution is 2.36. The molecule has 2 aromatic rings. The number of hydrogen-bond acceptors (Lipinski definition) is 5. The first-order valence-electron chi connectivity index (χ1n) is 8.64. The fourth-order valence-electron chi connectivity index (χ4n) is 3.34. The highest BCUT2D eigenvalue weighted by Gasteiger charge is 2.26. The van der Waals surface area contributed by atoms with Gasteiger partial charge in [0.25, 0.3) is 5.56 Å². The second-order valence-electron chi connectivity index (χ2n) is 7.70. The molecule has 132 valence electrons. The lowest BCUT2D eigenvalue weighted by Gasteiger charge is -2.29. The van der Waals surface area contributed by atoms with Gasteiger partial charge in [0, 0.05) is 36.2 Å². The number of hydrogen-bond donors (Lipinski definition) is 1. The van der Waals surface area contributed by atoms with Crippen molar-refractivity contribution in [2.75, 3.05) is 13.3 Å². The van der Waals surface area contributed by atoms with Crippen molar-refractivity contribution in [3.63, 3.8) is 0 Å². The summed E-state index contributed by atoms with van der Waals surface area (Å²) >= 11 is 0. The van der Waals surface area contributed by atoms with Crippen molar-refractivity contribution < 1.29 is 9.47 Å². The number of nitrogens with one attached hydrogen (secondary N) is 1. The summed E-state index contributed by atoms with van der Waals surface area (Å²) in [5.41, 5.74) is 2.65. The third-order valence-corrected chi connectivity index (χ3v) is 4.74. The Balaban J connectivity index is 1.60. The van der Waals surface area contributed by atoms with Gasteiger partial charge in [0.1, 0.15) is 5.82 Å². The van der Waals surface area contributed by atoms with Crippen molar-refractivity contribution in [1.29, 1.82) is 0 Å². The number of benzene rings is 1. The van der Waals surface area contributed by atoms with Crippen molar-refractivity contribution >= 4 is 0 Å². The predicted octanol–water partition coefficient (Wildman–Crippen LogP) is 2.35. The normalized spacial score (nSPS) is 16.8. The van der Waals surface area contributed by atoms with Crippen LogP contribution in [0.3, 0.4) is 0 Å². The van der Waals surface area contributed by atoms with E-state index in [9.17, 15) is 4.79 Å². The van der Waals surface area contributed by atoms with Crippen LogP contribution in [0.2, 0.25) is 0 Å². The summed E-state index contributed by atoms with van der Waals surface area (Å²) in [5.74, 6) is 2.39. The third kappa shape index (κ3) is 3.02. The van der Waals surface area contributed by atoms with Gasteiger partial charge in [-0.25, -0.2) is 4.98 Å². The summed E-state index contributed by atoms with van der Waals surface area (Å²) in [6.07, 6.45) is 0.717. The Morgan fingerprint density at radius 3 is 2.92 bits per heavy atom. The molecular formula is C19H23N3O3. The number of nitrogens with zero attached hydrogens (tertiary/aromatic N) is 2. The van der Waals surface area contributed by atoms with Gasteiger partial charge in [-0.1, -0.05) is 32.9 Å². The molecule has 0 aliphatic carbocycles. The minimum atomic E-state index is -0.179. The minimum Gasteiger partial charge on any atom is -0.454 e. The van der Waals surface area contributed by atoms with Gasteiger partial charge >= 0.3 is 0 Å². The van der Waals surface area contributed by atoms with E-state index in [1.54, 1.807) is 0 Å². The topological polar surface area (TPSA) is 67.5 Å². The van der Waals surface area contributed by atoms with E-state index in [4.69, 9.17) is 14.5 Å². The Labute approximate surface area is 146 Å². The molecule has 0 spiro atoms. The fourth-order valence-corrected chi connectivity index (χ4v) is 3.34. The van der Waals surface area contributed by atoms with E-state index in [-0.39, 0.29) is 17.8 Å². The highest BCUT2D eigenvalue weighted by molar-refractivity contribution is 5.48. The lowest BCUT2D eigenvalue weighted by atomic mass is 9.95. The molecular weight excluding hydrogens is 318 g/mol. The van der Waals surface area contributed by atoms with Crippen molar-refractivity contribution in [3.8, 4) is 11.5 Å². The SMILES string of the molecule is CC(C)(C)c1nc2c(c(=O)[nH]1)CCN(Cc1cccc3c1OCO3)C2. The zero-order chi connectivity index (χ0) is 17.6. The molecule has 4 rings (SSSR count). The lowest BCUT2D eigenvalue weighted by molar-refractivity contribution is 0.171. The second kappa shape index (κ2) is 5.88. The van der Waals surface area contributed by atoms with E-state index >= 15 is 0 Å². The molecule has 1 aromatic heterocycles. The lowest BCUT2D eigenvalue weighted by Crippen LogP contribution is -2.36. The maximum Gasteiger partial charge on any atom is 0.254 e. The molecule has 0 bridgehead atoms. The number of ether oxygens (including phenoxy) is 2. The zero-order valence-electron chi connectivity index (χ0n) is 14.9. The summed E-state index contributed by atoms with van der Waals surface area (Å²) < 4.78 is 11.1. The zero-order valence-corrected chi connectivity index (χ0v) is 14.9. The number of para-hydroxylation sites is 1. The maximum atomic E-state index is 12.4. The standard InChI is InChI=1S/C19H23N3O3/c1-19(2,3)18-20-14-10-22(8-7-13(14)17(23)21-18)9-12-5-4-6-15-16(12)25-11-24-15/h4-6H,7-11H2,1-3H3,(H,20,21,23). The van der Waals surface area contributed by atoms with E-state index in [1.807, 2.05) is 12.1 Å². The molecule has 0 radical (unpaired) electrons. The molecule has 0 atom stereocenters. The average Bonchev–Trinajstić information content (AvgIpc) is 3.03. The van der Waals surface area contributed by atoms with E-state index in [0.717, 1.165) is 47.2 Å². The molecule has 0 saturated heterocycles. The first kappa shape index (κ1) is 16.1. The first-order valence-corrected chi connectivity index (χ1v) is 8.64. The van der Waals surface area contributed by atoms with Gasteiger partial charge in [0.05, 0.1) is 5.69 Å². The van der Waals surface area contributed by atoms with Gasteiger partial charge < -0.3 is 14.5 Å². The van der Waals surface area contributed by atoms with Crippen molar-refractivity contribution in [1.82, 2.24) is 14.9 Å². The summed E-state index contributed by atoms with van der Waals surface area (Å²) in [6, 6.07) is 5.98. The molecule has 25 heavy (non-hydrogen) atoms. The Bertz CT molecular complexity index is 867. The van der Waals surface area contributed by atoms with E-state index < -0.39 is 0 Å². The summed E-state index contributed by atoms with van der Waals surface area (Å²) in [6.45, 7) is 8.71. The molecule has 1 N–H and O–H groups in total. The smallest absolute Gasteiger partial charge is 0.254 e. The number of H-pyrrole nitrogens is 1. The van der Waals surface area contributed by atoms with Gasteiger partial charge in [0.2, 0.25) is 6.79 Å². The summed E-state index contributed by atoms with van der Waals surface area (Å²) in [5, 5.41) is 0. The van der Waals surface area contributed by atoms with Crippen LogP contribution in [0.1, 0.15) is 43.4 Å². The van der Waals surface area contributed by atoms with Crippen LogP contribution in [0.15, 0.2) is 23.0 Å². The molecule has 6 heteroatoms. The van der Waals surface area contributed by atoms with E-state index in [0.29, 0.717) is 13.0 Å². The fraction of sp³-hybridized carbons (Fsp3) is 0.474. The van der Waals surface area contributed by atoms with Crippen LogP contribution in [0.25, 0.3) is 0 Å². The minimum absolute atomic E-state index is 0.00640. The molecule has 0 saturated carbocycles. The van der Waals surface area contributed by atoms with Crippen LogP contribution < -0.4 is 15.0 Å². The maximum absolute atomic E-state index is 12.4. The van der Waals surface area contributed by atoms with Crippen LogP contribution in [-0.4, -0.2) is 28.2 Å². The van der Waals surface area contributed by atoms with Gasteiger partial charge in [0.15, 0.2) is 11.5 Å². The molecule has 2 aliphatic heterocycles. The Morgan fingerprint density at radius 1 is 1.28 bits per heavy atom. The third-order valence-electron chi connectivity index (χ3n) is 4.74. The molecule has 3 heterocycles. The number of rotatable bonds is 2. The van der Waals surface area contributed by atoms with Gasteiger partial charge in [-0.2, -0.15) is 0 Å². The molecule has 6 nitrogen and oxygen atoms in total. The largest absolute Gasteiger partial charge is 0.454 e. The van der Waals surface area contributed by atoms with Gasteiger partial charge in [-0.3, -0.25) is 9.69 Å². The van der Waals surface area contributed by atoms with E-state index in [1.165, 1.54) is 0 Å². The Hall–Kier alpha value is -2.34. The molecule has 2 aliphatic rings. The molecule has 0 fully saturated rings.